The van der Waals surface area contributed by atoms with Gasteiger partial charge in [0.05, 0.1) is 6.07 Å². The van der Waals surface area contributed by atoms with Crippen molar-refractivity contribution in [2.24, 2.45) is 5.41 Å². The van der Waals surface area contributed by atoms with Gasteiger partial charge in [0.15, 0.2) is 0 Å². The molecule has 0 bridgehead atoms. The van der Waals surface area contributed by atoms with Gasteiger partial charge in [-0.15, -0.1) is 0 Å². The third kappa shape index (κ3) is 2.02. The molecule has 0 spiro atoms. The molecule has 1 rings (SSSR count). The summed E-state index contributed by atoms with van der Waals surface area (Å²) >= 11 is 0. The van der Waals surface area contributed by atoms with Crippen molar-refractivity contribution >= 4 is 11.9 Å². The normalized spacial score (nSPS) is 10.5. The van der Waals surface area contributed by atoms with E-state index in [1.807, 2.05) is 6.07 Å². The fourth-order valence-electron chi connectivity index (χ4n) is 0.534. The predicted octanol–water partition coefficient (Wildman–Crippen LogP) is 0.558. The lowest BCUT2D eigenvalue weighted by Gasteiger charge is -2.11. The largest absolute Gasteiger partial charge is 0.341 e. The van der Waals surface area contributed by atoms with Gasteiger partial charge in [0.1, 0.15) is 5.41 Å². The van der Waals surface area contributed by atoms with Crippen LogP contribution in [0.25, 0.3) is 0 Å². The molecule has 1 heterocycles. The molecule has 0 unspecified atom stereocenters. The molecule has 0 atom stereocenters. The number of rotatable bonds is 2. The van der Waals surface area contributed by atoms with Crippen molar-refractivity contribution in [2.45, 2.75) is 13.8 Å². The van der Waals surface area contributed by atoms with Gasteiger partial charge in [-0.3, -0.25) is 10.1 Å². The molecule has 1 amide bonds. The number of carbonyl (C=O) groups excluding carboxylic acids is 1. The number of nitrogens with one attached hydrogen (secondary N) is 1. The van der Waals surface area contributed by atoms with E-state index in [4.69, 9.17) is 5.26 Å². The fourth-order valence-corrected chi connectivity index (χ4v) is 0.534. The fraction of sp³-hybridized carbons (Fsp3) is 0.429. The smallest absolute Gasteiger partial charge is 0.269 e. The predicted molar refractivity (Wildman–Crippen MR) is 42.3 cm³/mol. The summed E-state index contributed by atoms with van der Waals surface area (Å²) in [6.07, 6.45) is 1.09. The van der Waals surface area contributed by atoms with Crippen molar-refractivity contribution in [3.8, 4) is 6.07 Å². The second-order valence-corrected chi connectivity index (χ2v) is 2.95. The molecule has 0 aromatic carbocycles. The van der Waals surface area contributed by atoms with E-state index in [-0.39, 0.29) is 5.95 Å². The van der Waals surface area contributed by atoms with Gasteiger partial charge in [-0.05, 0) is 19.0 Å². The van der Waals surface area contributed by atoms with Gasteiger partial charge in [-0.25, -0.2) is 0 Å². The number of anilines is 1. The Morgan fingerprint density at radius 3 is 2.92 bits per heavy atom. The third-order valence-corrected chi connectivity index (χ3v) is 1.43. The maximum atomic E-state index is 11.3. The molecule has 1 aromatic heterocycles. The molecule has 1 N–H and O–H groups in total. The number of carbonyl (C=O) groups is 1. The number of nitrogens with zero attached hydrogens (tertiary/aromatic N) is 3. The summed E-state index contributed by atoms with van der Waals surface area (Å²) in [5, 5.41) is 14.3. The quantitative estimate of drug-likeness (QED) is 0.717. The van der Waals surface area contributed by atoms with E-state index in [1.165, 1.54) is 13.8 Å². The van der Waals surface area contributed by atoms with Crippen LogP contribution in [0.4, 0.5) is 5.95 Å². The average Bonchev–Trinajstić information content (AvgIpc) is 2.57. The number of nitriles is 1. The standard InChI is InChI=1S/C7H8N4O2/c1-7(2,3-8)5(12)10-6-9-4-13-11-6/h4H,1-2H3,(H,10,11,12). The van der Waals surface area contributed by atoms with Gasteiger partial charge in [-0.2, -0.15) is 10.2 Å². The number of aromatic nitrogens is 2. The molecular weight excluding hydrogens is 172 g/mol. The summed E-state index contributed by atoms with van der Waals surface area (Å²) in [4.78, 5) is 14.9. The van der Waals surface area contributed by atoms with Gasteiger partial charge in [-0.1, -0.05) is 0 Å². The molecule has 0 aliphatic carbocycles. The van der Waals surface area contributed by atoms with Gasteiger partial charge in [0, 0.05) is 0 Å². The lowest BCUT2D eigenvalue weighted by Crippen LogP contribution is -2.29. The van der Waals surface area contributed by atoms with Gasteiger partial charge < -0.3 is 4.52 Å². The zero-order valence-electron chi connectivity index (χ0n) is 7.24. The minimum atomic E-state index is -1.10. The Morgan fingerprint density at radius 2 is 2.46 bits per heavy atom. The molecule has 68 valence electrons. The highest BCUT2D eigenvalue weighted by Crippen LogP contribution is 2.14. The topological polar surface area (TPSA) is 91.8 Å². The molecule has 6 heteroatoms. The SMILES string of the molecule is CC(C)(C#N)C(=O)Nc1ncon1. The molecule has 6 nitrogen and oxygen atoms in total. The van der Waals surface area contributed by atoms with Crippen molar-refractivity contribution in [1.82, 2.24) is 10.1 Å². The molecular formula is C7H8N4O2. The summed E-state index contributed by atoms with van der Waals surface area (Å²) < 4.78 is 4.40. The molecule has 0 saturated heterocycles. The molecule has 0 aliphatic rings. The summed E-state index contributed by atoms with van der Waals surface area (Å²) in [6, 6.07) is 1.86. The molecule has 0 fully saturated rings. The van der Waals surface area contributed by atoms with Crippen LogP contribution in [0.15, 0.2) is 10.9 Å². The van der Waals surface area contributed by atoms with Crippen LogP contribution in [0.1, 0.15) is 13.8 Å². The van der Waals surface area contributed by atoms with Crippen LogP contribution in [0, 0.1) is 16.7 Å². The molecule has 1 aromatic rings. The zero-order valence-corrected chi connectivity index (χ0v) is 7.24. The summed E-state index contributed by atoms with van der Waals surface area (Å²) in [5.41, 5.74) is -1.10. The van der Waals surface area contributed by atoms with E-state index in [1.54, 1.807) is 0 Å². The van der Waals surface area contributed by atoms with E-state index in [0.717, 1.165) is 6.39 Å². The van der Waals surface area contributed by atoms with Crippen molar-refractivity contribution in [2.75, 3.05) is 5.32 Å². The van der Waals surface area contributed by atoms with Gasteiger partial charge in [0.25, 0.3) is 5.95 Å². The molecule has 0 saturated carbocycles. The van der Waals surface area contributed by atoms with Gasteiger partial charge in [0.2, 0.25) is 12.3 Å². The van der Waals surface area contributed by atoms with Gasteiger partial charge >= 0.3 is 0 Å². The van der Waals surface area contributed by atoms with E-state index in [2.05, 4.69) is 20.0 Å². The molecule has 0 radical (unpaired) electrons. The Kier molecular flexibility index (Phi) is 2.28. The Labute approximate surface area is 74.5 Å². The second-order valence-electron chi connectivity index (χ2n) is 2.95. The second kappa shape index (κ2) is 3.23. The van der Waals surface area contributed by atoms with E-state index in [0.29, 0.717) is 0 Å². The van der Waals surface area contributed by atoms with Crippen molar-refractivity contribution in [3.05, 3.63) is 6.39 Å². The lowest BCUT2D eigenvalue weighted by molar-refractivity contribution is -0.121. The van der Waals surface area contributed by atoms with Crippen molar-refractivity contribution in [3.63, 3.8) is 0 Å². The van der Waals surface area contributed by atoms with Crippen LogP contribution >= 0.6 is 0 Å². The molecule has 0 aliphatic heterocycles. The van der Waals surface area contributed by atoms with E-state index in [9.17, 15) is 4.79 Å². The maximum Gasteiger partial charge on any atom is 0.269 e. The molecule has 13 heavy (non-hydrogen) atoms. The van der Waals surface area contributed by atoms with E-state index >= 15 is 0 Å². The van der Waals surface area contributed by atoms with E-state index < -0.39 is 11.3 Å². The Morgan fingerprint density at radius 1 is 1.77 bits per heavy atom. The Balaban J connectivity index is 2.68. The number of amides is 1. The first-order valence-electron chi connectivity index (χ1n) is 3.55. The lowest BCUT2D eigenvalue weighted by atomic mass is 9.95. The van der Waals surface area contributed by atoms with Crippen molar-refractivity contribution in [1.29, 1.82) is 5.26 Å². The monoisotopic (exact) mass is 180 g/mol. The number of hydrogen-bond donors (Lipinski definition) is 1. The highest BCUT2D eigenvalue weighted by molar-refractivity contribution is 5.95. The minimum Gasteiger partial charge on any atom is -0.341 e. The highest BCUT2D eigenvalue weighted by Gasteiger charge is 2.28. The first-order valence-corrected chi connectivity index (χ1v) is 3.55. The maximum absolute atomic E-state index is 11.3. The average molecular weight is 180 g/mol. The van der Waals surface area contributed by atoms with Crippen LogP contribution in [-0.4, -0.2) is 16.0 Å². The number of hydrogen-bond acceptors (Lipinski definition) is 5. The first-order chi connectivity index (χ1) is 6.06. The summed E-state index contributed by atoms with van der Waals surface area (Å²) in [6.45, 7) is 3.00. The first kappa shape index (κ1) is 9.19. The van der Waals surface area contributed by atoms with Crippen LogP contribution in [0.3, 0.4) is 0 Å². The minimum absolute atomic E-state index is 0.0633. The van der Waals surface area contributed by atoms with Crippen LogP contribution in [0.2, 0.25) is 0 Å². The Hall–Kier alpha value is -1.90. The third-order valence-electron chi connectivity index (χ3n) is 1.43. The van der Waals surface area contributed by atoms with Crippen LogP contribution < -0.4 is 5.32 Å². The summed E-state index contributed by atoms with van der Waals surface area (Å²) in [5.74, 6) is -0.398. The van der Waals surface area contributed by atoms with Crippen molar-refractivity contribution < 1.29 is 9.32 Å². The highest BCUT2D eigenvalue weighted by atomic mass is 16.5. The summed E-state index contributed by atoms with van der Waals surface area (Å²) in [7, 11) is 0. The van der Waals surface area contributed by atoms with Crippen LogP contribution in [-0.2, 0) is 4.79 Å². The van der Waals surface area contributed by atoms with Crippen LogP contribution in [0.5, 0.6) is 0 Å². The zero-order chi connectivity index (χ0) is 9.90. The Bertz CT molecular complexity index is 336.